The van der Waals surface area contributed by atoms with Crippen molar-refractivity contribution < 1.29 is 19.1 Å². The molecule has 18 heavy (non-hydrogen) atoms. The van der Waals surface area contributed by atoms with Gasteiger partial charge in [0, 0.05) is 27.2 Å². The summed E-state index contributed by atoms with van der Waals surface area (Å²) in [5.74, 6) is 0. The summed E-state index contributed by atoms with van der Waals surface area (Å²) in [6.45, 7) is 2.70. The summed E-state index contributed by atoms with van der Waals surface area (Å²) in [5, 5.41) is 10.1. The van der Waals surface area contributed by atoms with Crippen molar-refractivity contribution in [3.8, 4) is 0 Å². The Morgan fingerprint density at radius 3 is 1.50 bits per heavy atom. The maximum Gasteiger partial charge on any atom is 0.314 e. The molecule has 4 N–H and O–H groups in total. The zero-order valence-corrected chi connectivity index (χ0v) is 10.9. The molecule has 0 saturated carbocycles. The fourth-order valence-corrected chi connectivity index (χ4v) is 0.972. The van der Waals surface area contributed by atoms with Crippen LogP contribution in [0.5, 0.6) is 0 Å². The van der Waals surface area contributed by atoms with Crippen LogP contribution in [0.2, 0.25) is 0 Å². The smallest absolute Gasteiger partial charge is 0.314 e. The molecule has 0 bridgehead atoms. The zero-order valence-electron chi connectivity index (χ0n) is 10.9. The van der Waals surface area contributed by atoms with Crippen molar-refractivity contribution >= 4 is 12.1 Å². The Bertz CT molecular complexity index is 214. The van der Waals surface area contributed by atoms with Gasteiger partial charge in [0.05, 0.1) is 26.4 Å². The lowest BCUT2D eigenvalue weighted by molar-refractivity contribution is 0.0510. The van der Waals surface area contributed by atoms with Gasteiger partial charge >= 0.3 is 12.1 Å². The van der Waals surface area contributed by atoms with Crippen molar-refractivity contribution in [3.05, 3.63) is 0 Å². The molecule has 0 aliphatic heterocycles. The first-order valence-corrected chi connectivity index (χ1v) is 5.77. The molecule has 0 heterocycles. The predicted molar refractivity (Wildman–Crippen MR) is 66.6 cm³/mol. The molecule has 8 nitrogen and oxygen atoms in total. The van der Waals surface area contributed by atoms with E-state index in [1.54, 1.807) is 14.1 Å². The van der Waals surface area contributed by atoms with Crippen LogP contribution in [0.25, 0.3) is 0 Å². The van der Waals surface area contributed by atoms with E-state index in [4.69, 9.17) is 9.47 Å². The summed E-state index contributed by atoms with van der Waals surface area (Å²) in [4.78, 5) is 21.5. The van der Waals surface area contributed by atoms with Gasteiger partial charge in [0.2, 0.25) is 0 Å². The first-order valence-electron chi connectivity index (χ1n) is 5.77. The Morgan fingerprint density at radius 2 is 1.17 bits per heavy atom. The van der Waals surface area contributed by atoms with E-state index in [0.717, 1.165) is 0 Å². The molecule has 0 saturated heterocycles. The number of rotatable bonds is 9. The molecule has 4 amide bonds. The highest BCUT2D eigenvalue weighted by Crippen LogP contribution is 1.78. The van der Waals surface area contributed by atoms with Crippen molar-refractivity contribution in [2.45, 2.75) is 0 Å². The van der Waals surface area contributed by atoms with Gasteiger partial charge in [0.15, 0.2) is 0 Å². The Hall–Kier alpha value is -1.54. The summed E-state index contributed by atoms with van der Waals surface area (Å²) in [6, 6.07) is -0.453. The molecule has 0 fully saturated rings. The zero-order chi connectivity index (χ0) is 13.6. The van der Waals surface area contributed by atoms with Crippen LogP contribution in [-0.2, 0) is 9.47 Å². The Labute approximate surface area is 107 Å². The number of hydrogen-bond donors (Lipinski definition) is 4. The fraction of sp³-hybridized carbons (Fsp3) is 0.800. The van der Waals surface area contributed by atoms with Gasteiger partial charge in [-0.15, -0.1) is 0 Å². The second-order valence-corrected chi connectivity index (χ2v) is 3.24. The van der Waals surface area contributed by atoms with Gasteiger partial charge in [-0.3, -0.25) is 0 Å². The molecule has 0 aliphatic carbocycles. The molecular weight excluding hydrogens is 240 g/mol. The van der Waals surface area contributed by atoms with Crippen LogP contribution in [0.15, 0.2) is 0 Å². The molecule has 0 atom stereocenters. The monoisotopic (exact) mass is 262 g/mol. The van der Waals surface area contributed by atoms with E-state index < -0.39 is 0 Å². The predicted octanol–water partition coefficient (Wildman–Crippen LogP) is -1.12. The summed E-state index contributed by atoms with van der Waals surface area (Å²) in [5.41, 5.74) is 0. The average Bonchev–Trinajstić information content (AvgIpc) is 2.40. The van der Waals surface area contributed by atoms with Crippen LogP contribution in [0.4, 0.5) is 9.59 Å². The molecule has 0 unspecified atom stereocenters. The minimum atomic E-state index is -0.227. The number of urea groups is 2. The fourth-order valence-electron chi connectivity index (χ4n) is 0.972. The quantitative estimate of drug-likeness (QED) is 0.395. The third kappa shape index (κ3) is 11.0. The van der Waals surface area contributed by atoms with Crippen LogP contribution in [0, 0.1) is 0 Å². The number of ether oxygens (including phenoxy) is 2. The normalized spacial score (nSPS) is 9.67. The Morgan fingerprint density at radius 1 is 0.778 bits per heavy atom. The summed E-state index contributed by atoms with van der Waals surface area (Å²) in [7, 11) is 3.10. The molecule has 0 spiro atoms. The van der Waals surface area contributed by atoms with Crippen LogP contribution < -0.4 is 21.3 Å². The van der Waals surface area contributed by atoms with E-state index in [0.29, 0.717) is 39.5 Å². The SMILES string of the molecule is CNC(=O)NCCOCCOCCNC(=O)NC. The van der Waals surface area contributed by atoms with E-state index in [1.807, 2.05) is 0 Å². The molecular formula is C10H22N4O4. The lowest BCUT2D eigenvalue weighted by Crippen LogP contribution is -2.35. The average molecular weight is 262 g/mol. The third-order valence-corrected chi connectivity index (χ3v) is 1.89. The first-order chi connectivity index (χ1) is 8.70. The van der Waals surface area contributed by atoms with E-state index in [-0.39, 0.29) is 12.1 Å². The molecule has 0 aromatic rings. The van der Waals surface area contributed by atoms with E-state index >= 15 is 0 Å². The minimum Gasteiger partial charge on any atom is -0.377 e. The van der Waals surface area contributed by atoms with Crippen molar-refractivity contribution in [1.29, 1.82) is 0 Å². The van der Waals surface area contributed by atoms with E-state index in [1.165, 1.54) is 0 Å². The van der Waals surface area contributed by atoms with Crippen LogP contribution in [-0.4, -0.2) is 65.7 Å². The van der Waals surface area contributed by atoms with Crippen LogP contribution in [0.1, 0.15) is 0 Å². The van der Waals surface area contributed by atoms with E-state index in [2.05, 4.69) is 21.3 Å². The number of carbonyl (C=O) groups is 2. The Kier molecular flexibility index (Phi) is 10.9. The summed E-state index contributed by atoms with van der Waals surface area (Å²) in [6.07, 6.45) is 0. The third-order valence-electron chi connectivity index (χ3n) is 1.89. The highest BCUT2D eigenvalue weighted by Gasteiger charge is 1.96. The van der Waals surface area contributed by atoms with Crippen LogP contribution >= 0.6 is 0 Å². The molecule has 0 rings (SSSR count). The standard InChI is InChI=1S/C10H22N4O4/c1-11-9(15)13-3-5-17-7-8-18-6-4-14-10(16)12-2/h3-8H2,1-2H3,(H2,11,13,15)(H2,12,14,16). The van der Waals surface area contributed by atoms with Gasteiger partial charge in [0.25, 0.3) is 0 Å². The maximum absolute atomic E-state index is 10.8. The van der Waals surface area contributed by atoms with Crippen molar-refractivity contribution in [3.63, 3.8) is 0 Å². The highest BCUT2D eigenvalue weighted by atomic mass is 16.5. The van der Waals surface area contributed by atoms with Crippen LogP contribution in [0.3, 0.4) is 0 Å². The Balaban J connectivity index is 3.07. The van der Waals surface area contributed by atoms with Gasteiger partial charge < -0.3 is 30.7 Å². The second kappa shape index (κ2) is 11.9. The van der Waals surface area contributed by atoms with Gasteiger partial charge in [-0.05, 0) is 0 Å². The molecule has 0 aromatic carbocycles. The molecule has 0 radical (unpaired) electrons. The lowest BCUT2D eigenvalue weighted by Gasteiger charge is -2.07. The molecule has 8 heteroatoms. The van der Waals surface area contributed by atoms with Crippen molar-refractivity contribution in [1.82, 2.24) is 21.3 Å². The number of hydrogen-bond acceptors (Lipinski definition) is 4. The molecule has 0 aliphatic rings. The summed E-state index contributed by atoms with van der Waals surface area (Å²) >= 11 is 0. The van der Waals surface area contributed by atoms with Crippen molar-refractivity contribution in [2.75, 3.05) is 53.6 Å². The minimum absolute atomic E-state index is 0.227. The highest BCUT2D eigenvalue weighted by molar-refractivity contribution is 5.73. The molecule has 106 valence electrons. The molecule has 0 aromatic heterocycles. The number of nitrogens with one attached hydrogen (secondary N) is 4. The maximum atomic E-state index is 10.8. The second-order valence-electron chi connectivity index (χ2n) is 3.24. The number of carbonyl (C=O) groups excluding carboxylic acids is 2. The largest absolute Gasteiger partial charge is 0.377 e. The first kappa shape index (κ1) is 16.5. The van der Waals surface area contributed by atoms with Gasteiger partial charge in [-0.1, -0.05) is 0 Å². The van der Waals surface area contributed by atoms with Gasteiger partial charge in [0.1, 0.15) is 0 Å². The van der Waals surface area contributed by atoms with Gasteiger partial charge in [-0.2, -0.15) is 0 Å². The lowest BCUT2D eigenvalue weighted by atomic mass is 10.6. The topological polar surface area (TPSA) is 101 Å². The van der Waals surface area contributed by atoms with E-state index in [9.17, 15) is 9.59 Å². The van der Waals surface area contributed by atoms with Gasteiger partial charge in [-0.25, -0.2) is 9.59 Å². The van der Waals surface area contributed by atoms with Crippen molar-refractivity contribution in [2.24, 2.45) is 0 Å². The summed E-state index contributed by atoms with van der Waals surface area (Å²) < 4.78 is 10.4. The number of amides is 4.